The van der Waals surface area contributed by atoms with Gasteiger partial charge in [0.15, 0.2) is 34.5 Å². The van der Waals surface area contributed by atoms with Crippen molar-refractivity contribution >= 4 is 33.2 Å². The summed E-state index contributed by atoms with van der Waals surface area (Å²) in [5.41, 5.74) is 11.3. The average molecular weight is 635 g/mol. The number of likely N-dealkylation sites (N-methyl/N-ethyl adjacent to an activating group) is 1. The van der Waals surface area contributed by atoms with Crippen LogP contribution in [0.25, 0.3) is 28.4 Å². The number of nitrogens with zero attached hydrogens (tertiary/aromatic N) is 9. The number of thiophene rings is 1. The summed E-state index contributed by atoms with van der Waals surface area (Å²) >= 11 is 1.54. The molecule has 2 N–H and O–H groups in total. The van der Waals surface area contributed by atoms with Gasteiger partial charge in [0, 0.05) is 34.7 Å². The Kier molecular flexibility index (Phi) is 6.08. The van der Waals surface area contributed by atoms with E-state index in [0.29, 0.717) is 58.1 Å². The normalized spacial score (nSPS) is 23.2. The molecule has 3 aliphatic carbocycles. The number of aryl methyl sites for hydroxylation is 2. The summed E-state index contributed by atoms with van der Waals surface area (Å²) < 4.78 is 10.0. The maximum atomic E-state index is 12.6. The van der Waals surface area contributed by atoms with Gasteiger partial charge in [0.2, 0.25) is 0 Å². The van der Waals surface area contributed by atoms with Gasteiger partial charge in [0.05, 0.1) is 28.6 Å². The van der Waals surface area contributed by atoms with Crippen LogP contribution in [-0.2, 0) is 24.7 Å². The molecule has 3 atom stereocenters. The Morgan fingerprint density at radius 3 is 2.78 bits per heavy atom. The second-order valence-electron chi connectivity index (χ2n) is 13.4. The number of fused-ring (bicyclic) bond motifs is 6. The molecule has 1 spiro atoms. The number of hydrogen-bond acceptors (Lipinski definition) is 11. The number of likely N-dealkylation sites (tertiary alicyclic amines) is 1. The zero-order valence-corrected chi connectivity index (χ0v) is 26.7. The highest BCUT2D eigenvalue weighted by atomic mass is 32.1. The molecule has 0 aromatic carbocycles. The molecule has 46 heavy (non-hydrogen) atoms. The highest BCUT2D eigenvalue weighted by Crippen LogP contribution is 2.55. The van der Waals surface area contributed by atoms with Gasteiger partial charge in [-0.1, -0.05) is 5.16 Å². The molecule has 6 heterocycles. The number of ketones is 1. The summed E-state index contributed by atoms with van der Waals surface area (Å²) in [7, 11) is 2.17. The van der Waals surface area contributed by atoms with Gasteiger partial charge in [0.25, 0.3) is 0 Å². The van der Waals surface area contributed by atoms with E-state index in [0.717, 1.165) is 85.7 Å². The number of nitrogens with two attached hydrogens (primary N) is 1. The molecule has 5 aromatic rings. The lowest BCUT2D eigenvalue weighted by atomic mass is 9.63. The zero-order chi connectivity index (χ0) is 31.3. The van der Waals surface area contributed by atoms with Crippen molar-refractivity contribution in [1.82, 2.24) is 39.6 Å². The van der Waals surface area contributed by atoms with Gasteiger partial charge < -0.3 is 15.2 Å². The van der Waals surface area contributed by atoms with E-state index in [1.165, 1.54) is 16.2 Å². The first-order valence-electron chi connectivity index (χ1n) is 16.3. The SMILES string of the molecule is C[C@@H]([C@@H]1CCCN1C)n1ncc2c(-n3cc4c(n3)C(=O)CC4)nc(-c3noc4c3CCC[C@@]43CCCc4sc(N)c(C#N)c43)nc21. The number of hydrogen-bond donors (Lipinski definition) is 1. The van der Waals surface area contributed by atoms with Crippen LogP contribution in [0.2, 0.25) is 0 Å². The van der Waals surface area contributed by atoms with Crippen LogP contribution in [-0.4, -0.2) is 65.0 Å². The van der Waals surface area contributed by atoms with Crippen molar-refractivity contribution in [3.63, 3.8) is 0 Å². The highest BCUT2D eigenvalue weighted by Gasteiger charge is 2.49. The van der Waals surface area contributed by atoms with Crippen LogP contribution in [0.3, 0.4) is 0 Å². The van der Waals surface area contributed by atoms with E-state index in [1.807, 2.05) is 17.1 Å². The van der Waals surface area contributed by atoms with Crippen LogP contribution < -0.4 is 5.73 Å². The number of anilines is 1. The molecule has 4 aliphatic rings. The van der Waals surface area contributed by atoms with E-state index >= 15 is 0 Å². The standard InChI is InChI=1S/C33H34N10O2S/c1-17(22-7-5-13-41(22)2)43-32-21(15-36-43)31(42-16-18-9-10-23(44)26(18)39-42)37-30(38-32)27-19-6-3-11-33(28(19)45-40-27)12-4-8-24-25(33)20(14-34)29(35)46-24/h15-17,22H,3-13,35H2,1-2H3/t17-,22-,33-/m0/s1. The van der Waals surface area contributed by atoms with Crippen molar-refractivity contribution in [3.8, 4) is 23.4 Å². The summed E-state index contributed by atoms with van der Waals surface area (Å²) in [5.74, 6) is 1.88. The number of carbonyl (C=O) groups excluding carboxylic acids is 1. The Morgan fingerprint density at radius 2 is 2.00 bits per heavy atom. The van der Waals surface area contributed by atoms with Crippen molar-refractivity contribution in [2.75, 3.05) is 19.3 Å². The van der Waals surface area contributed by atoms with Crippen LogP contribution in [0, 0.1) is 11.3 Å². The number of aromatic nitrogens is 7. The lowest BCUT2D eigenvalue weighted by Gasteiger charge is -2.39. The molecule has 0 amide bonds. The van der Waals surface area contributed by atoms with E-state index in [1.54, 1.807) is 4.68 Å². The van der Waals surface area contributed by atoms with E-state index in [-0.39, 0.29) is 11.8 Å². The van der Waals surface area contributed by atoms with E-state index < -0.39 is 5.41 Å². The van der Waals surface area contributed by atoms with E-state index in [9.17, 15) is 10.1 Å². The summed E-state index contributed by atoms with van der Waals surface area (Å²) in [5, 5.41) is 25.7. The molecule has 1 saturated heterocycles. The Labute approximate surface area is 269 Å². The van der Waals surface area contributed by atoms with Gasteiger partial charge in [-0.3, -0.25) is 4.79 Å². The Balaban J connectivity index is 1.24. The molecular weight excluding hydrogens is 600 g/mol. The first kappa shape index (κ1) is 27.9. The van der Waals surface area contributed by atoms with Crippen molar-refractivity contribution in [3.05, 3.63) is 51.0 Å². The number of nitrogen functional groups attached to an aromatic ring is 1. The van der Waals surface area contributed by atoms with Crippen molar-refractivity contribution in [2.45, 2.75) is 88.6 Å². The second kappa shape index (κ2) is 10.0. The third-order valence-electron chi connectivity index (χ3n) is 10.9. The minimum Gasteiger partial charge on any atom is -0.389 e. The summed E-state index contributed by atoms with van der Waals surface area (Å²) in [4.78, 5) is 26.4. The number of Topliss-reactive ketones (excluding diaryl/α,β-unsaturated/α-hetero) is 1. The van der Waals surface area contributed by atoms with E-state index in [4.69, 9.17) is 30.4 Å². The molecule has 1 fully saturated rings. The van der Waals surface area contributed by atoms with Crippen LogP contribution in [0.1, 0.15) is 101 Å². The smallest absolute Gasteiger partial charge is 0.186 e. The molecule has 12 nitrogen and oxygen atoms in total. The van der Waals surface area contributed by atoms with Crippen molar-refractivity contribution < 1.29 is 9.32 Å². The first-order valence-corrected chi connectivity index (χ1v) is 17.1. The van der Waals surface area contributed by atoms with Gasteiger partial charge in [-0.05, 0) is 83.9 Å². The Morgan fingerprint density at radius 1 is 1.15 bits per heavy atom. The molecular formula is C33H34N10O2S. The molecule has 1 aliphatic heterocycles. The minimum atomic E-state index is -0.439. The fraction of sp³-hybridized carbons (Fsp3) is 0.485. The largest absolute Gasteiger partial charge is 0.389 e. The van der Waals surface area contributed by atoms with Gasteiger partial charge in [-0.25, -0.2) is 19.3 Å². The average Bonchev–Trinajstić information content (AvgIpc) is 3.89. The van der Waals surface area contributed by atoms with E-state index in [2.05, 4.69) is 30.1 Å². The fourth-order valence-electron chi connectivity index (χ4n) is 8.72. The van der Waals surface area contributed by atoms with Crippen LogP contribution >= 0.6 is 11.3 Å². The molecule has 9 rings (SSSR count). The molecule has 0 radical (unpaired) electrons. The molecule has 0 bridgehead atoms. The summed E-state index contributed by atoms with van der Waals surface area (Å²) in [6.45, 7) is 3.26. The summed E-state index contributed by atoms with van der Waals surface area (Å²) in [6.07, 6.45) is 12.5. The third-order valence-corrected chi connectivity index (χ3v) is 12.0. The molecule has 5 aromatic heterocycles. The lowest BCUT2D eigenvalue weighted by Crippen LogP contribution is -2.35. The molecule has 234 valence electrons. The minimum absolute atomic E-state index is 0.0568. The third kappa shape index (κ3) is 3.80. The quantitative estimate of drug-likeness (QED) is 0.288. The molecule has 0 saturated carbocycles. The Hall–Kier alpha value is -4.41. The van der Waals surface area contributed by atoms with Crippen molar-refractivity contribution in [1.29, 1.82) is 5.26 Å². The van der Waals surface area contributed by atoms with Crippen LogP contribution in [0.5, 0.6) is 0 Å². The first-order chi connectivity index (χ1) is 22.4. The highest BCUT2D eigenvalue weighted by molar-refractivity contribution is 7.16. The van der Waals surface area contributed by atoms with Crippen LogP contribution in [0.4, 0.5) is 5.00 Å². The maximum Gasteiger partial charge on any atom is 0.186 e. The number of carbonyl (C=O) groups is 1. The lowest BCUT2D eigenvalue weighted by molar-refractivity contribution is 0.0989. The zero-order valence-electron chi connectivity index (χ0n) is 25.9. The fourth-order valence-corrected chi connectivity index (χ4v) is 9.88. The maximum absolute atomic E-state index is 12.6. The molecule has 0 unspecified atom stereocenters. The van der Waals surface area contributed by atoms with Gasteiger partial charge in [-0.15, -0.1) is 11.3 Å². The predicted octanol–water partition coefficient (Wildman–Crippen LogP) is 4.93. The van der Waals surface area contributed by atoms with Gasteiger partial charge in [0.1, 0.15) is 16.8 Å². The van der Waals surface area contributed by atoms with Crippen molar-refractivity contribution in [2.24, 2.45) is 0 Å². The van der Waals surface area contributed by atoms with Gasteiger partial charge >= 0.3 is 0 Å². The topological polar surface area (TPSA) is 158 Å². The molecule has 13 heteroatoms. The Bertz CT molecular complexity index is 2110. The van der Waals surface area contributed by atoms with Crippen LogP contribution in [0.15, 0.2) is 16.9 Å². The number of nitriles is 1. The number of rotatable bonds is 4. The second-order valence-corrected chi connectivity index (χ2v) is 14.5. The monoisotopic (exact) mass is 634 g/mol. The van der Waals surface area contributed by atoms with Gasteiger partial charge in [-0.2, -0.15) is 15.5 Å². The predicted molar refractivity (Wildman–Crippen MR) is 171 cm³/mol. The summed E-state index contributed by atoms with van der Waals surface area (Å²) in [6, 6.07) is 2.81.